The minimum absolute atomic E-state index is 0.0521. The van der Waals surface area contributed by atoms with Crippen LogP contribution in [0.3, 0.4) is 0 Å². The fourth-order valence-electron chi connectivity index (χ4n) is 5.44. The van der Waals surface area contributed by atoms with Gasteiger partial charge in [0.15, 0.2) is 5.58 Å². The van der Waals surface area contributed by atoms with E-state index in [1.807, 2.05) is 48.5 Å². The summed E-state index contributed by atoms with van der Waals surface area (Å²) in [5.41, 5.74) is 1.76. The van der Waals surface area contributed by atoms with Gasteiger partial charge in [-0.15, -0.1) is 0 Å². The third-order valence-electron chi connectivity index (χ3n) is 7.61. The smallest absolute Gasteiger partial charge is 0.309 e. The lowest BCUT2D eigenvalue weighted by Crippen LogP contribution is -2.44. The maximum atomic E-state index is 12.2. The summed E-state index contributed by atoms with van der Waals surface area (Å²) in [5, 5.41) is 4.94. The van der Waals surface area contributed by atoms with Crippen molar-refractivity contribution in [3.63, 3.8) is 0 Å². The van der Waals surface area contributed by atoms with Crippen LogP contribution in [0.4, 0.5) is 0 Å². The van der Waals surface area contributed by atoms with Crippen molar-refractivity contribution < 1.29 is 28.3 Å². The van der Waals surface area contributed by atoms with Crippen molar-refractivity contribution in [3.05, 3.63) is 54.1 Å². The predicted octanol–water partition coefficient (Wildman–Crippen LogP) is 4.71. The van der Waals surface area contributed by atoms with Gasteiger partial charge in [-0.2, -0.15) is 0 Å². The van der Waals surface area contributed by atoms with Gasteiger partial charge in [0.05, 0.1) is 26.2 Å². The second-order valence-corrected chi connectivity index (χ2v) is 10.0. The van der Waals surface area contributed by atoms with Crippen LogP contribution in [0.25, 0.3) is 11.0 Å². The van der Waals surface area contributed by atoms with Crippen molar-refractivity contribution in [3.8, 4) is 11.6 Å². The Bertz CT molecular complexity index is 1140. The number of piperidine rings is 1. The Labute approximate surface area is 217 Å². The highest BCUT2D eigenvalue weighted by Gasteiger charge is 2.34. The van der Waals surface area contributed by atoms with Crippen LogP contribution < -0.4 is 9.47 Å². The first-order valence-corrected chi connectivity index (χ1v) is 13.3. The van der Waals surface area contributed by atoms with Crippen LogP contribution in [0.2, 0.25) is 0 Å². The molecule has 0 N–H and O–H groups in total. The van der Waals surface area contributed by atoms with Crippen LogP contribution in [0.15, 0.2) is 53.1 Å². The summed E-state index contributed by atoms with van der Waals surface area (Å²) in [7, 11) is 1.48. The first-order valence-electron chi connectivity index (χ1n) is 13.3. The van der Waals surface area contributed by atoms with Gasteiger partial charge in [-0.3, -0.25) is 4.79 Å². The van der Waals surface area contributed by atoms with E-state index in [1.165, 1.54) is 7.11 Å². The van der Waals surface area contributed by atoms with Gasteiger partial charge in [0, 0.05) is 19.1 Å². The number of ether oxygens (including phenoxy) is 4. The number of nitrogens with zero attached hydrogens (tertiary/aromatic N) is 2. The number of carbonyl (C=O) groups is 1. The van der Waals surface area contributed by atoms with Gasteiger partial charge in [0.1, 0.15) is 17.7 Å². The molecular weight excluding hydrogens is 472 g/mol. The molecule has 2 saturated heterocycles. The number of esters is 1. The molecule has 2 aromatic carbocycles. The Morgan fingerprint density at radius 1 is 1.05 bits per heavy atom. The Morgan fingerprint density at radius 2 is 1.89 bits per heavy atom. The molecule has 0 amide bonds. The zero-order chi connectivity index (χ0) is 25.5. The largest absolute Gasteiger partial charge is 0.488 e. The molecule has 2 fully saturated rings. The second-order valence-electron chi connectivity index (χ2n) is 10.0. The average Bonchev–Trinajstić information content (AvgIpc) is 3.37. The number of carbonyl (C=O) groups excluding carboxylic acids is 1. The molecule has 0 spiro atoms. The summed E-state index contributed by atoms with van der Waals surface area (Å²) in [6, 6.07) is 15.8. The highest BCUT2D eigenvalue weighted by Crippen LogP contribution is 2.34. The fourth-order valence-corrected chi connectivity index (χ4v) is 5.44. The molecule has 0 radical (unpaired) electrons. The number of benzene rings is 2. The second kappa shape index (κ2) is 12.4. The van der Waals surface area contributed by atoms with Crippen LogP contribution >= 0.6 is 0 Å². The van der Waals surface area contributed by atoms with Gasteiger partial charge < -0.3 is 28.4 Å². The van der Waals surface area contributed by atoms with Gasteiger partial charge in [0.2, 0.25) is 0 Å². The first kappa shape index (κ1) is 25.5. The van der Waals surface area contributed by atoms with Gasteiger partial charge in [-0.05, 0) is 67.5 Å². The van der Waals surface area contributed by atoms with Gasteiger partial charge in [-0.1, -0.05) is 36.4 Å². The summed E-state index contributed by atoms with van der Waals surface area (Å²) in [6.07, 6.45) is 3.95. The van der Waals surface area contributed by atoms with Crippen LogP contribution in [0.5, 0.6) is 11.6 Å². The third kappa shape index (κ3) is 6.43. The number of hydrogen-bond acceptors (Lipinski definition) is 8. The topological polar surface area (TPSA) is 83.3 Å². The van der Waals surface area contributed by atoms with Gasteiger partial charge in [-0.25, -0.2) is 0 Å². The molecule has 2 aliphatic rings. The van der Waals surface area contributed by atoms with E-state index in [0.717, 1.165) is 56.3 Å². The lowest BCUT2D eigenvalue weighted by atomic mass is 9.86. The van der Waals surface area contributed by atoms with Gasteiger partial charge in [0.25, 0.3) is 5.88 Å². The van der Waals surface area contributed by atoms with Crippen LogP contribution in [0.1, 0.15) is 31.2 Å². The molecular formula is C29H36N2O6. The molecule has 5 rings (SSSR count). The molecule has 1 aromatic heterocycles. The van der Waals surface area contributed by atoms with Crippen molar-refractivity contribution >= 4 is 16.9 Å². The van der Waals surface area contributed by atoms with Gasteiger partial charge >= 0.3 is 5.97 Å². The van der Waals surface area contributed by atoms with E-state index in [4.69, 9.17) is 23.5 Å². The van der Waals surface area contributed by atoms with E-state index in [1.54, 1.807) is 0 Å². The van der Waals surface area contributed by atoms with E-state index < -0.39 is 0 Å². The van der Waals surface area contributed by atoms with Crippen LogP contribution in [-0.2, 0) is 20.9 Å². The number of methoxy groups -OCH3 is 1. The minimum atomic E-state index is -0.102. The maximum Gasteiger partial charge on any atom is 0.309 e. The molecule has 0 aliphatic carbocycles. The number of fused-ring (bicyclic) bond motifs is 1. The lowest BCUT2D eigenvalue weighted by Gasteiger charge is -2.37. The normalized spacial score (nSPS) is 21.1. The summed E-state index contributed by atoms with van der Waals surface area (Å²) < 4.78 is 28.4. The average molecular weight is 509 g/mol. The lowest BCUT2D eigenvalue weighted by molar-refractivity contribution is -0.152. The molecule has 3 aromatic rings. The summed E-state index contributed by atoms with van der Waals surface area (Å²) >= 11 is 0. The standard InChI is InChI=1S/C29H36N2O6/c1-33-29(32)24-13-16-34-20-23(24)18-31-14-10-21(11-15-31)12-17-35-28-27-25(8-5-9-26(27)37-30-28)36-19-22-6-3-2-4-7-22/h2-9,21,23-24H,10-20H2,1H3. The molecule has 2 unspecified atom stereocenters. The number of aromatic nitrogens is 1. The number of likely N-dealkylation sites (tertiary alicyclic amines) is 1. The number of rotatable bonds is 10. The van der Waals surface area contributed by atoms with E-state index in [0.29, 0.717) is 49.6 Å². The van der Waals surface area contributed by atoms with E-state index >= 15 is 0 Å². The fraction of sp³-hybridized carbons (Fsp3) is 0.517. The van der Waals surface area contributed by atoms with Crippen molar-refractivity contribution in [2.75, 3.05) is 46.6 Å². The van der Waals surface area contributed by atoms with Crippen molar-refractivity contribution in [2.45, 2.75) is 32.3 Å². The Hall–Kier alpha value is -3.10. The monoisotopic (exact) mass is 508 g/mol. The molecule has 0 bridgehead atoms. The first-order chi connectivity index (χ1) is 18.2. The third-order valence-corrected chi connectivity index (χ3v) is 7.61. The molecule has 2 atom stereocenters. The minimum Gasteiger partial charge on any atom is -0.488 e. The highest BCUT2D eigenvalue weighted by atomic mass is 16.5. The Morgan fingerprint density at radius 3 is 2.70 bits per heavy atom. The number of hydrogen-bond donors (Lipinski definition) is 0. The summed E-state index contributed by atoms with van der Waals surface area (Å²) in [4.78, 5) is 14.6. The molecule has 3 heterocycles. The van der Waals surface area contributed by atoms with Crippen LogP contribution in [-0.4, -0.2) is 62.6 Å². The van der Waals surface area contributed by atoms with Crippen molar-refractivity contribution in [1.82, 2.24) is 10.1 Å². The highest BCUT2D eigenvalue weighted by molar-refractivity contribution is 5.88. The molecule has 0 saturated carbocycles. The summed E-state index contributed by atoms with van der Waals surface area (Å²) in [6.45, 7) is 5.27. The SMILES string of the molecule is COC(=O)C1CCOCC1CN1CCC(CCOc2noc3cccc(OCc4ccccc4)c23)CC1. The molecule has 2 aliphatic heterocycles. The zero-order valence-electron chi connectivity index (χ0n) is 21.5. The Balaban J connectivity index is 1.09. The quantitative estimate of drug-likeness (QED) is 0.364. The summed E-state index contributed by atoms with van der Waals surface area (Å²) in [5.74, 6) is 1.85. The van der Waals surface area contributed by atoms with E-state index in [-0.39, 0.29) is 17.8 Å². The molecule has 8 nitrogen and oxygen atoms in total. The molecule has 198 valence electrons. The van der Waals surface area contributed by atoms with Crippen LogP contribution in [0, 0.1) is 17.8 Å². The van der Waals surface area contributed by atoms with E-state index in [9.17, 15) is 4.79 Å². The molecule has 8 heteroatoms. The van der Waals surface area contributed by atoms with Crippen molar-refractivity contribution in [1.29, 1.82) is 0 Å². The maximum absolute atomic E-state index is 12.2. The predicted molar refractivity (Wildman–Crippen MR) is 138 cm³/mol. The Kier molecular flexibility index (Phi) is 8.58. The molecule has 37 heavy (non-hydrogen) atoms. The van der Waals surface area contributed by atoms with Crippen molar-refractivity contribution in [2.24, 2.45) is 17.8 Å². The zero-order valence-corrected chi connectivity index (χ0v) is 21.5. The van der Waals surface area contributed by atoms with E-state index in [2.05, 4.69) is 10.1 Å².